The van der Waals surface area contributed by atoms with Gasteiger partial charge >= 0.3 is 0 Å². The molecule has 0 aliphatic carbocycles. The van der Waals surface area contributed by atoms with Gasteiger partial charge in [-0.1, -0.05) is 6.92 Å². The lowest BCUT2D eigenvalue weighted by Gasteiger charge is -2.10. The number of aliphatic hydroxyl groups is 1. The molecule has 5 nitrogen and oxygen atoms in total. The van der Waals surface area contributed by atoms with Crippen molar-refractivity contribution in [1.29, 1.82) is 0 Å². The van der Waals surface area contributed by atoms with Crippen LogP contribution in [0.5, 0.6) is 0 Å². The summed E-state index contributed by atoms with van der Waals surface area (Å²) in [7, 11) is -2.09. The molecule has 1 aromatic carbocycles. The fourth-order valence-corrected chi connectivity index (χ4v) is 2.95. The van der Waals surface area contributed by atoms with Crippen molar-refractivity contribution in [2.24, 2.45) is 5.92 Å². The normalized spacial score (nSPS) is 13.5. The molecule has 18 heavy (non-hydrogen) atoms. The third kappa shape index (κ3) is 3.88. The molecule has 102 valence electrons. The van der Waals surface area contributed by atoms with Crippen LogP contribution in [-0.4, -0.2) is 32.9 Å². The van der Waals surface area contributed by atoms with Gasteiger partial charge in [-0.2, -0.15) is 0 Å². The van der Waals surface area contributed by atoms with Crippen LogP contribution >= 0.6 is 11.8 Å². The SMILES string of the molecule is CNS(=O)(=O)c1ccc(SCC(C)CO)c(N)c1. The Balaban J connectivity index is 2.87. The number of hydrogen-bond donors (Lipinski definition) is 3. The summed E-state index contributed by atoms with van der Waals surface area (Å²) in [6.07, 6.45) is 0. The van der Waals surface area contributed by atoms with Crippen LogP contribution in [0.4, 0.5) is 5.69 Å². The predicted octanol–water partition coefficient (Wildman–Crippen LogP) is 0.897. The van der Waals surface area contributed by atoms with Crippen molar-refractivity contribution >= 4 is 27.5 Å². The van der Waals surface area contributed by atoms with Crippen molar-refractivity contribution in [3.8, 4) is 0 Å². The van der Waals surface area contributed by atoms with E-state index in [0.717, 1.165) is 10.6 Å². The van der Waals surface area contributed by atoms with Crippen LogP contribution in [0.15, 0.2) is 28.0 Å². The molecule has 4 N–H and O–H groups in total. The van der Waals surface area contributed by atoms with Crippen molar-refractivity contribution in [2.75, 3.05) is 25.1 Å². The van der Waals surface area contributed by atoms with Gasteiger partial charge in [-0.3, -0.25) is 0 Å². The lowest BCUT2D eigenvalue weighted by molar-refractivity contribution is 0.250. The third-order valence-corrected chi connectivity index (χ3v) is 5.23. The van der Waals surface area contributed by atoms with E-state index < -0.39 is 10.0 Å². The van der Waals surface area contributed by atoms with Gasteiger partial charge in [0.1, 0.15) is 0 Å². The highest BCUT2D eigenvalue weighted by molar-refractivity contribution is 7.99. The van der Waals surface area contributed by atoms with Crippen molar-refractivity contribution in [3.63, 3.8) is 0 Å². The zero-order chi connectivity index (χ0) is 13.8. The van der Waals surface area contributed by atoms with Gasteiger partial charge in [-0.05, 0) is 31.2 Å². The Labute approximate surface area is 112 Å². The molecule has 1 rings (SSSR count). The number of nitrogens with one attached hydrogen (secondary N) is 1. The number of sulfonamides is 1. The van der Waals surface area contributed by atoms with Crippen molar-refractivity contribution in [1.82, 2.24) is 4.72 Å². The average Bonchev–Trinajstić information content (AvgIpc) is 2.36. The third-order valence-electron chi connectivity index (χ3n) is 2.40. The summed E-state index contributed by atoms with van der Waals surface area (Å²) in [6, 6.07) is 4.65. The number of anilines is 1. The minimum absolute atomic E-state index is 0.124. The van der Waals surface area contributed by atoms with E-state index in [9.17, 15) is 8.42 Å². The lowest BCUT2D eigenvalue weighted by atomic mass is 10.2. The van der Waals surface area contributed by atoms with E-state index in [1.165, 1.54) is 30.9 Å². The van der Waals surface area contributed by atoms with Crippen LogP contribution < -0.4 is 10.5 Å². The van der Waals surface area contributed by atoms with Gasteiger partial charge in [0.15, 0.2) is 0 Å². The Morgan fingerprint density at radius 2 is 2.17 bits per heavy atom. The molecule has 0 saturated carbocycles. The van der Waals surface area contributed by atoms with Crippen LogP contribution in [0.25, 0.3) is 0 Å². The van der Waals surface area contributed by atoms with Crippen LogP contribution in [0.1, 0.15) is 6.92 Å². The minimum atomic E-state index is -3.45. The summed E-state index contributed by atoms with van der Waals surface area (Å²) in [5.41, 5.74) is 6.26. The van der Waals surface area contributed by atoms with E-state index >= 15 is 0 Å². The molecule has 0 bridgehead atoms. The van der Waals surface area contributed by atoms with Gasteiger partial charge in [-0.25, -0.2) is 13.1 Å². The molecule has 0 fully saturated rings. The van der Waals surface area contributed by atoms with Crippen molar-refractivity contribution in [3.05, 3.63) is 18.2 Å². The number of nitrogens with two attached hydrogens (primary N) is 1. The Hall–Kier alpha value is -0.760. The number of aliphatic hydroxyl groups excluding tert-OH is 1. The second-order valence-electron chi connectivity index (χ2n) is 4.01. The first-order valence-corrected chi connectivity index (χ1v) is 7.94. The highest BCUT2D eigenvalue weighted by atomic mass is 32.2. The van der Waals surface area contributed by atoms with Crippen LogP contribution in [0.2, 0.25) is 0 Å². The minimum Gasteiger partial charge on any atom is -0.398 e. The summed E-state index contributed by atoms with van der Waals surface area (Å²) >= 11 is 1.51. The van der Waals surface area contributed by atoms with Gasteiger partial charge in [0.2, 0.25) is 10.0 Å². The zero-order valence-corrected chi connectivity index (χ0v) is 12.0. The average molecular weight is 290 g/mol. The van der Waals surface area contributed by atoms with Gasteiger partial charge in [0.05, 0.1) is 4.90 Å². The largest absolute Gasteiger partial charge is 0.398 e. The maximum Gasteiger partial charge on any atom is 0.240 e. The van der Waals surface area contributed by atoms with Gasteiger partial charge in [0.25, 0.3) is 0 Å². The Kier molecular flexibility index (Phi) is 5.46. The van der Waals surface area contributed by atoms with Crippen LogP contribution in [0, 0.1) is 5.92 Å². The maximum absolute atomic E-state index is 11.6. The fourth-order valence-electron chi connectivity index (χ4n) is 1.23. The molecule has 1 aromatic rings. The molecule has 0 aliphatic heterocycles. The highest BCUT2D eigenvalue weighted by Gasteiger charge is 2.13. The quantitative estimate of drug-likeness (QED) is 0.535. The second-order valence-corrected chi connectivity index (χ2v) is 6.95. The number of hydrogen-bond acceptors (Lipinski definition) is 5. The predicted molar refractivity (Wildman–Crippen MR) is 74.1 cm³/mol. The molecule has 0 aromatic heterocycles. The highest BCUT2D eigenvalue weighted by Crippen LogP contribution is 2.28. The first-order chi connectivity index (χ1) is 8.40. The molecule has 1 atom stereocenters. The van der Waals surface area contributed by atoms with E-state index in [0.29, 0.717) is 5.69 Å². The molecular formula is C11H18N2O3S2. The molecule has 7 heteroatoms. The number of thioether (sulfide) groups is 1. The van der Waals surface area contributed by atoms with Crippen LogP contribution in [-0.2, 0) is 10.0 Å². The maximum atomic E-state index is 11.6. The van der Waals surface area contributed by atoms with E-state index in [-0.39, 0.29) is 17.4 Å². The van der Waals surface area contributed by atoms with Gasteiger partial charge < -0.3 is 10.8 Å². The number of rotatable bonds is 6. The van der Waals surface area contributed by atoms with E-state index in [2.05, 4.69) is 4.72 Å². The Morgan fingerprint density at radius 1 is 1.50 bits per heavy atom. The molecule has 0 amide bonds. The molecular weight excluding hydrogens is 272 g/mol. The summed E-state index contributed by atoms with van der Waals surface area (Å²) in [5, 5.41) is 8.93. The summed E-state index contributed by atoms with van der Waals surface area (Å²) in [6.45, 7) is 2.06. The zero-order valence-electron chi connectivity index (χ0n) is 10.4. The van der Waals surface area contributed by atoms with Crippen LogP contribution in [0.3, 0.4) is 0 Å². The Morgan fingerprint density at radius 3 is 2.67 bits per heavy atom. The summed E-state index contributed by atoms with van der Waals surface area (Å²) in [5.74, 6) is 0.911. The van der Waals surface area contributed by atoms with Gasteiger partial charge in [-0.15, -0.1) is 11.8 Å². The molecule has 0 aliphatic rings. The monoisotopic (exact) mass is 290 g/mol. The summed E-state index contributed by atoms with van der Waals surface area (Å²) < 4.78 is 25.4. The smallest absolute Gasteiger partial charge is 0.240 e. The van der Waals surface area contributed by atoms with Crippen molar-refractivity contribution < 1.29 is 13.5 Å². The van der Waals surface area contributed by atoms with E-state index in [1.54, 1.807) is 6.07 Å². The number of nitrogen functional groups attached to an aromatic ring is 1. The van der Waals surface area contributed by atoms with Crippen molar-refractivity contribution in [2.45, 2.75) is 16.7 Å². The molecule has 1 unspecified atom stereocenters. The molecule has 0 heterocycles. The van der Waals surface area contributed by atoms with E-state index in [4.69, 9.17) is 10.8 Å². The number of benzene rings is 1. The Bertz CT molecular complexity index is 503. The second kappa shape index (κ2) is 6.42. The van der Waals surface area contributed by atoms with Gasteiger partial charge in [0, 0.05) is 22.9 Å². The first kappa shape index (κ1) is 15.3. The standard InChI is InChI=1S/C11H18N2O3S2/c1-8(6-14)7-17-11-4-3-9(5-10(11)12)18(15,16)13-2/h3-5,8,13-14H,6-7,12H2,1-2H3. The fraction of sp³-hybridized carbons (Fsp3) is 0.455. The topological polar surface area (TPSA) is 92.4 Å². The molecule has 0 radical (unpaired) electrons. The summed E-state index contributed by atoms with van der Waals surface area (Å²) in [4.78, 5) is 0.979. The molecule has 0 spiro atoms. The molecule has 0 saturated heterocycles. The lowest BCUT2D eigenvalue weighted by Crippen LogP contribution is -2.18. The first-order valence-electron chi connectivity index (χ1n) is 5.47. The van der Waals surface area contributed by atoms with E-state index in [1.807, 2.05) is 6.92 Å².